The summed E-state index contributed by atoms with van der Waals surface area (Å²) in [6.45, 7) is 0. The van der Waals surface area contributed by atoms with Crippen molar-refractivity contribution < 1.29 is 4.42 Å². The molecule has 0 bridgehead atoms. The van der Waals surface area contributed by atoms with Crippen molar-refractivity contribution in [1.29, 1.82) is 5.26 Å². The summed E-state index contributed by atoms with van der Waals surface area (Å²) in [5.74, 6) is 1.28. The van der Waals surface area contributed by atoms with E-state index >= 15 is 0 Å². The molecule has 4 rings (SSSR count). The fourth-order valence-electron chi connectivity index (χ4n) is 2.49. The van der Waals surface area contributed by atoms with Gasteiger partial charge in [-0.25, -0.2) is 4.98 Å². The first-order valence-corrected chi connectivity index (χ1v) is 9.28. The topological polar surface area (TPSA) is 82.7 Å². The van der Waals surface area contributed by atoms with Gasteiger partial charge in [0, 0.05) is 16.7 Å². The molecule has 1 N–H and O–H groups in total. The van der Waals surface area contributed by atoms with Crippen LogP contribution in [0.4, 0.5) is 0 Å². The Kier molecular flexibility index (Phi) is 4.14. The van der Waals surface area contributed by atoms with E-state index in [1.54, 1.807) is 18.4 Å². The number of nitrogens with one attached hydrogen (secondary N) is 1. The number of hydrogen-bond donors (Lipinski definition) is 1. The molecule has 0 saturated heterocycles. The number of hydrogen-bond acceptors (Lipinski definition) is 6. The summed E-state index contributed by atoms with van der Waals surface area (Å²) in [7, 11) is 0. The maximum Gasteiger partial charge on any atom is 0.261 e. The van der Waals surface area contributed by atoms with E-state index < -0.39 is 0 Å². The molecule has 0 amide bonds. The zero-order valence-corrected chi connectivity index (χ0v) is 14.5. The van der Waals surface area contributed by atoms with Gasteiger partial charge in [-0.1, -0.05) is 23.9 Å². The van der Waals surface area contributed by atoms with Gasteiger partial charge in [0.2, 0.25) is 0 Å². The van der Waals surface area contributed by atoms with E-state index in [-0.39, 0.29) is 5.56 Å². The SMILES string of the molecule is N#Cc1cccc(CSc2nc3scc(-c4ccco4)c3c(=O)[nH]2)c1. The smallest absolute Gasteiger partial charge is 0.261 e. The average Bonchev–Trinajstić information content (AvgIpc) is 3.29. The molecule has 0 aliphatic heterocycles. The molecule has 0 atom stereocenters. The Morgan fingerprint density at radius 2 is 2.24 bits per heavy atom. The van der Waals surface area contributed by atoms with Gasteiger partial charge >= 0.3 is 0 Å². The van der Waals surface area contributed by atoms with Crippen LogP contribution in [0.3, 0.4) is 0 Å². The summed E-state index contributed by atoms with van der Waals surface area (Å²) in [4.78, 5) is 20.6. The van der Waals surface area contributed by atoms with Crippen LogP contribution in [0, 0.1) is 11.3 Å². The second kappa shape index (κ2) is 6.59. The van der Waals surface area contributed by atoms with Crippen molar-refractivity contribution in [3.05, 3.63) is 69.5 Å². The summed E-state index contributed by atoms with van der Waals surface area (Å²) < 4.78 is 5.39. The Morgan fingerprint density at radius 1 is 1.32 bits per heavy atom. The molecule has 3 aromatic heterocycles. The van der Waals surface area contributed by atoms with Gasteiger partial charge in [0.05, 0.1) is 23.3 Å². The molecular formula is C18H11N3O2S2. The lowest BCUT2D eigenvalue weighted by Crippen LogP contribution is -2.08. The number of thiophene rings is 1. The van der Waals surface area contributed by atoms with Crippen molar-refractivity contribution in [2.75, 3.05) is 0 Å². The third kappa shape index (κ3) is 3.09. The Morgan fingerprint density at radius 3 is 3.04 bits per heavy atom. The molecule has 1 aromatic carbocycles. The molecule has 3 heterocycles. The van der Waals surface area contributed by atoms with E-state index in [4.69, 9.17) is 9.68 Å². The Bertz CT molecular complexity index is 1140. The lowest BCUT2D eigenvalue weighted by atomic mass is 10.2. The second-order valence-electron chi connectivity index (χ2n) is 5.28. The fourth-order valence-corrected chi connectivity index (χ4v) is 4.28. The number of furan rings is 1. The zero-order valence-electron chi connectivity index (χ0n) is 12.9. The van der Waals surface area contributed by atoms with Crippen molar-refractivity contribution in [3.8, 4) is 17.4 Å². The number of rotatable bonds is 4. The maximum atomic E-state index is 12.5. The highest BCUT2D eigenvalue weighted by Crippen LogP contribution is 2.32. The van der Waals surface area contributed by atoms with Crippen LogP contribution in [-0.2, 0) is 5.75 Å². The minimum atomic E-state index is -0.175. The monoisotopic (exact) mass is 365 g/mol. The molecule has 0 radical (unpaired) electrons. The van der Waals surface area contributed by atoms with Gasteiger partial charge in [-0.3, -0.25) is 4.79 Å². The maximum absolute atomic E-state index is 12.5. The summed E-state index contributed by atoms with van der Waals surface area (Å²) >= 11 is 2.86. The molecule has 7 heteroatoms. The molecule has 0 aliphatic carbocycles. The van der Waals surface area contributed by atoms with Crippen LogP contribution in [0.15, 0.2) is 62.4 Å². The standard InChI is InChI=1S/C18H11N3O2S2/c19-8-11-3-1-4-12(7-11)9-25-18-20-16(22)15-13(10-24-17(15)21-18)14-5-2-6-23-14/h1-7,10H,9H2,(H,20,21,22). The van der Waals surface area contributed by atoms with Crippen LogP contribution in [0.25, 0.3) is 21.5 Å². The Labute approximate surface area is 151 Å². The van der Waals surface area contributed by atoms with Crippen molar-refractivity contribution >= 4 is 33.3 Å². The predicted molar refractivity (Wildman–Crippen MR) is 98.7 cm³/mol. The third-order valence-corrected chi connectivity index (χ3v) is 5.46. The number of nitrogens with zero attached hydrogens (tertiary/aromatic N) is 2. The van der Waals surface area contributed by atoms with Gasteiger partial charge in [-0.05, 0) is 29.8 Å². The summed E-state index contributed by atoms with van der Waals surface area (Å²) in [5.41, 5.74) is 2.22. The Hall–Kier alpha value is -2.82. The number of fused-ring (bicyclic) bond motifs is 1. The molecule has 0 saturated carbocycles. The van der Waals surface area contributed by atoms with Crippen LogP contribution in [0.1, 0.15) is 11.1 Å². The molecule has 0 aliphatic rings. The van der Waals surface area contributed by atoms with Crippen LogP contribution < -0.4 is 5.56 Å². The highest BCUT2D eigenvalue weighted by Gasteiger charge is 2.14. The zero-order chi connectivity index (χ0) is 17.2. The van der Waals surface area contributed by atoms with Gasteiger partial charge in [0.25, 0.3) is 5.56 Å². The third-order valence-electron chi connectivity index (χ3n) is 3.64. The average molecular weight is 365 g/mol. The molecule has 0 unspecified atom stereocenters. The summed E-state index contributed by atoms with van der Waals surface area (Å²) in [5, 5.41) is 12.0. The lowest BCUT2D eigenvalue weighted by Gasteiger charge is -2.02. The van der Waals surface area contributed by atoms with Crippen molar-refractivity contribution in [2.45, 2.75) is 10.9 Å². The first kappa shape index (κ1) is 15.7. The van der Waals surface area contributed by atoms with Crippen molar-refractivity contribution in [1.82, 2.24) is 9.97 Å². The quantitative estimate of drug-likeness (QED) is 0.428. The molecule has 0 fully saturated rings. The van der Waals surface area contributed by atoms with Gasteiger partial charge in [0.15, 0.2) is 5.16 Å². The molecule has 0 spiro atoms. The summed E-state index contributed by atoms with van der Waals surface area (Å²) in [6, 6.07) is 13.1. The first-order valence-electron chi connectivity index (χ1n) is 7.42. The molecule has 122 valence electrons. The number of nitriles is 1. The molecular weight excluding hydrogens is 354 g/mol. The highest BCUT2D eigenvalue weighted by atomic mass is 32.2. The number of benzene rings is 1. The van der Waals surface area contributed by atoms with E-state index in [1.807, 2.05) is 29.6 Å². The van der Waals surface area contributed by atoms with E-state index in [0.29, 0.717) is 32.4 Å². The van der Waals surface area contributed by atoms with Crippen LogP contribution >= 0.6 is 23.1 Å². The van der Waals surface area contributed by atoms with Gasteiger partial charge in [0.1, 0.15) is 10.6 Å². The molecule has 25 heavy (non-hydrogen) atoms. The fraction of sp³-hybridized carbons (Fsp3) is 0.0556. The van der Waals surface area contributed by atoms with Crippen molar-refractivity contribution in [3.63, 3.8) is 0 Å². The first-order chi connectivity index (χ1) is 12.2. The number of thioether (sulfide) groups is 1. The minimum absolute atomic E-state index is 0.175. The minimum Gasteiger partial charge on any atom is -0.464 e. The lowest BCUT2D eigenvalue weighted by molar-refractivity contribution is 0.583. The van der Waals surface area contributed by atoms with E-state index in [2.05, 4.69) is 16.0 Å². The van der Waals surface area contributed by atoms with Gasteiger partial charge < -0.3 is 9.40 Å². The summed E-state index contributed by atoms with van der Waals surface area (Å²) in [6.07, 6.45) is 1.58. The number of aromatic nitrogens is 2. The van der Waals surface area contributed by atoms with Gasteiger partial charge in [-0.15, -0.1) is 11.3 Å². The number of H-pyrrole nitrogens is 1. The highest BCUT2D eigenvalue weighted by molar-refractivity contribution is 7.98. The van der Waals surface area contributed by atoms with Crippen LogP contribution in [0.5, 0.6) is 0 Å². The van der Waals surface area contributed by atoms with Crippen LogP contribution in [0.2, 0.25) is 0 Å². The largest absolute Gasteiger partial charge is 0.464 e. The molecule has 4 aromatic rings. The number of aromatic amines is 1. The van der Waals surface area contributed by atoms with E-state index in [0.717, 1.165) is 11.1 Å². The second-order valence-corrected chi connectivity index (χ2v) is 7.10. The van der Waals surface area contributed by atoms with E-state index in [9.17, 15) is 4.79 Å². The van der Waals surface area contributed by atoms with Crippen LogP contribution in [-0.4, -0.2) is 9.97 Å². The van der Waals surface area contributed by atoms with E-state index in [1.165, 1.54) is 23.1 Å². The van der Waals surface area contributed by atoms with Crippen molar-refractivity contribution in [2.24, 2.45) is 0 Å². The Balaban J connectivity index is 1.63. The normalized spacial score (nSPS) is 10.8. The van der Waals surface area contributed by atoms with Gasteiger partial charge in [-0.2, -0.15) is 5.26 Å². The molecule has 5 nitrogen and oxygen atoms in total. The predicted octanol–water partition coefficient (Wildman–Crippen LogP) is 4.41.